The van der Waals surface area contributed by atoms with E-state index in [4.69, 9.17) is 4.74 Å². The van der Waals surface area contributed by atoms with E-state index in [1.54, 1.807) is 21.0 Å². The molecule has 3 aromatic rings. The molecule has 0 spiro atoms. The molecule has 2 aliphatic carbocycles. The number of ketones is 4. The Labute approximate surface area is 251 Å². The quantitative estimate of drug-likeness (QED) is 0.277. The van der Waals surface area contributed by atoms with Gasteiger partial charge in [-0.05, 0) is 44.4 Å². The number of carbonyl (C=O) groups excluding carboxylic acids is 4. The number of nitrogens with one attached hydrogen (secondary N) is 2. The molecule has 2 aliphatic rings. The highest BCUT2D eigenvalue weighted by Gasteiger charge is 2.30. The van der Waals surface area contributed by atoms with Crippen LogP contribution in [0.4, 0.5) is 0 Å². The number of nitrogens with zero attached hydrogens (tertiary/aromatic N) is 3. The Morgan fingerprint density at radius 3 is 1.69 bits per heavy atom. The highest BCUT2D eigenvalue weighted by atomic mass is 32.1. The van der Waals surface area contributed by atoms with Crippen molar-refractivity contribution in [2.45, 2.75) is 33.2 Å². The van der Waals surface area contributed by atoms with E-state index in [2.05, 4.69) is 25.5 Å². The van der Waals surface area contributed by atoms with Gasteiger partial charge >= 0.3 is 0 Å². The SMILES string of the molecule is COc1ccc(CN(CCCNC2=CC(=O)c3sc(C)nc3C2=O)CCCNC2=CC(=O)c3sc(C)nc3C2=O)cc1. The van der Waals surface area contributed by atoms with Crippen molar-refractivity contribution in [2.24, 2.45) is 0 Å². The molecule has 0 aliphatic heterocycles. The minimum absolute atomic E-state index is 0.194. The number of allylic oxidation sites excluding steroid dienone is 4. The normalized spacial score (nSPS) is 14.5. The van der Waals surface area contributed by atoms with E-state index in [1.165, 1.54) is 34.8 Å². The van der Waals surface area contributed by atoms with E-state index in [0.717, 1.165) is 37.2 Å². The molecular weight excluding hydrogens is 574 g/mol. The third-order valence-electron chi connectivity index (χ3n) is 6.88. The number of rotatable bonds is 13. The first-order valence-electron chi connectivity index (χ1n) is 13.6. The van der Waals surface area contributed by atoms with Gasteiger partial charge in [-0.15, -0.1) is 22.7 Å². The molecular formula is C30H31N5O5S2. The third-order valence-corrected chi connectivity index (χ3v) is 8.86. The lowest BCUT2D eigenvalue weighted by atomic mass is 10.0. The Balaban J connectivity index is 1.15. The molecule has 2 N–H and O–H groups in total. The van der Waals surface area contributed by atoms with Crippen LogP contribution >= 0.6 is 22.7 Å². The summed E-state index contributed by atoms with van der Waals surface area (Å²) in [6.07, 6.45) is 4.20. The molecule has 42 heavy (non-hydrogen) atoms. The maximum atomic E-state index is 12.8. The van der Waals surface area contributed by atoms with E-state index in [0.29, 0.717) is 39.4 Å². The Hall–Kier alpha value is -4.00. The number of hydrogen-bond donors (Lipinski definition) is 2. The van der Waals surface area contributed by atoms with Gasteiger partial charge in [-0.3, -0.25) is 24.1 Å². The number of carbonyl (C=O) groups is 4. The zero-order chi connectivity index (χ0) is 29.8. The van der Waals surface area contributed by atoms with E-state index in [9.17, 15) is 19.2 Å². The van der Waals surface area contributed by atoms with Crippen molar-refractivity contribution < 1.29 is 23.9 Å². The Kier molecular flexibility index (Phi) is 9.05. The summed E-state index contributed by atoms with van der Waals surface area (Å²) in [5, 5.41) is 7.65. The van der Waals surface area contributed by atoms with Gasteiger partial charge < -0.3 is 15.4 Å². The molecule has 2 aromatic heterocycles. The predicted octanol–water partition coefficient (Wildman–Crippen LogP) is 3.91. The van der Waals surface area contributed by atoms with Crippen LogP contribution in [-0.2, 0) is 6.54 Å². The van der Waals surface area contributed by atoms with Crippen LogP contribution in [0.15, 0.2) is 47.8 Å². The van der Waals surface area contributed by atoms with Crippen LogP contribution in [0, 0.1) is 13.8 Å². The number of aromatic nitrogens is 2. The molecule has 2 heterocycles. The standard InChI is InChI=1S/C30H31N5O5S2/c1-17-33-25-27(38)21(14-23(36)29(25)41-17)31-10-4-12-35(16-19-6-8-20(40-3)9-7-19)13-5-11-32-22-15-24(37)30-26(28(22)39)34-18(2)42-30/h6-9,14-15,31-32H,4-5,10-13,16H2,1-3H3. The highest BCUT2D eigenvalue weighted by molar-refractivity contribution is 7.14. The smallest absolute Gasteiger partial charge is 0.228 e. The molecule has 5 rings (SSSR count). The number of hydrogen-bond acceptors (Lipinski definition) is 12. The number of fused-ring (bicyclic) bond motifs is 2. The van der Waals surface area contributed by atoms with Crippen LogP contribution in [-0.4, -0.2) is 71.3 Å². The van der Waals surface area contributed by atoms with Gasteiger partial charge in [0.2, 0.25) is 11.6 Å². The van der Waals surface area contributed by atoms with Crippen molar-refractivity contribution in [3.63, 3.8) is 0 Å². The van der Waals surface area contributed by atoms with Crippen LogP contribution in [0.3, 0.4) is 0 Å². The second kappa shape index (κ2) is 12.9. The molecule has 0 bridgehead atoms. The van der Waals surface area contributed by atoms with Gasteiger partial charge in [0.15, 0.2) is 11.6 Å². The van der Waals surface area contributed by atoms with Gasteiger partial charge in [0.25, 0.3) is 0 Å². The lowest BCUT2D eigenvalue weighted by molar-refractivity contribution is 0.0977. The maximum absolute atomic E-state index is 12.8. The number of methoxy groups -OCH3 is 1. The zero-order valence-electron chi connectivity index (χ0n) is 23.6. The molecule has 0 atom stereocenters. The molecule has 0 saturated heterocycles. The Morgan fingerprint density at radius 1 is 0.762 bits per heavy atom. The van der Waals surface area contributed by atoms with Crippen LogP contribution in [0.5, 0.6) is 5.75 Å². The monoisotopic (exact) mass is 605 g/mol. The number of thiazole rings is 2. The van der Waals surface area contributed by atoms with Gasteiger partial charge in [-0.2, -0.15) is 0 Å². The summed E-state index contributed by atoms with van der Waals surface area (Å²) in [6, 6.07) is 7.90. The molecule has 0 amide bonds. The van der Waals surface area contributed by atoms with Gasteiger partial charge in [-0.1, -0.05) is 12.1 Å². The van der Waals surface area contributed by atoms with Gasteiger partial charge in [-0.25, -0.2) is 9.97 Å². The van der Waals surface area contributed by atoms with E-state index < -0.39 is 0 Å². The van der Waals surface area contributed by atoms with Crippen molar-refractivity contribution in [1.82, 2.24) is 25.5 Å². The number of aryl methyl sites for hydroxylation is 2. The molecule has 0 radical (unpaired) electrons. The van der Waals surface area contributed by atoms with Gasteiger partial charge in [0, 0.05) is 44.9 Å². The second-order valence-electron chi connectivity index (χ2n) is 10.0. The zero-order valence-corrected chi connectivity index (χ0v) is 25.2. The predicted molar refractivity (Wildman–Crippen MR) is 161 cm³/mol. The fourth-order valence-corrected chi connectivity index (χ4v) is 6.50. The maximum Gasteiger partial charge on any atom is 0.228 e. The molecule has 0 saturated carbocycles. The van der Waals surface area contributed by atoms with Crippen molar-refractivity contribution in [1.29, 1.82) is 0 Å². The summed E-state index contributed by atoms with van der Waals surface area (Å²) < 4.78 is 5.28. The third kappa shape index (κ3) is 6.56. The van der Waals surface area contributed by atoms with Gasteiger partial charge in [0.05, 0.1) is 28.5 Å². The molecule has 10 nitrogen and oxygen atoms in total. The van der Waals surface area contributed by atoms with Crippen LogP contribution in [0.25, 0.3) is 0 Å². The van der Waals surface area contributed by atoms with Crippen LogP contribution in [0.1, 0.15) is 68.7 Å². The number of ether oxygens (including phenoxy) is 1. The Bertz CT molecular complexity index is 1510. The topological polar surface area (TPSA) is 131 Å². The highest BCUT2D eigenvalue weighted by Crippen LogP contribution is 2.26. The largest absolute Gasteiger partial charge is 0.497 e. The van der Waals surface area contributed by atoms with Crippen molar-refractivity contribution in [2.75, 3.05) is 33.3 Å². The summed E-state index contributed by atoms with van der Waals surface area (Å²) in [6.45, 7) is 6.76. The second-order valence-corrected chi connectivity index (χ2v) is 12.4. The summed E-state index contributed by atoms with van der Waals surface area (Å²) in [5.41, 5.74) is 2.15. The molecule has 0 fully saturated rings. The summed E-state index contributed by atoms with van der Waals surface area (Å²) in [4.78, 5) is 62.0. The average molecular weight is 606 g/mol. The van der Waals surface area contributed by atoms with E-state index in [-0.39, 0.29) is 45.9 Å². The molecule has 1 aromatic carbocycles. The van der Waals surface area contributed by atoms with Crippen LogP contribution < -0.4 is 15.4 Å². The molecule has 12 heteroatoms. The van der Waals surface area contributed by atoms with Gasteiger partial charge in [0.1, 0.15) is 26.9 Å². The minimum atomic E-state index is -0.250. The number of Topliss-reactive ketones (excluding diaryl/α,β-unsaturated/α-hetero) is 2. The first-order chi connectivity index (χ1) is 20.2. The van der Waals surface area contributed by atoms with Crippen LogP contribution in [0.2, 0.25) is 0 Å². The van der Waals surface area contributed by atoms with E-state index >= 15 is 0 Å². The fourth-order valence-electron chi connectivity index (χ4n) is 4.85. The first kappa shape index (κ1) is 29.5. The molecule has 0 unspecified atom stereocenters. The van der Waals surface area contributed by atoms with E-state index in [1.807, 2.05) is 24.3 Å². The summed E-state index contributed by atoms with van der Waals surface area (Å²) >= 11 is 2.48. The minimum Gasteiger partial charge on any atom is -0.497 e. The number of benzene rings is 1. The van der Waals surface area contributed by atoms with Crippen molar-refractivity contribution >= 4 is 45.8 Å². The summed E-state index contributed by atoms with van der Waals surface area (Å²) in [7, 11) is 1.63. The molecule has 218 valence electrons. The van der Waals surface area contributed by atoms with Crippen molar-refractivity contribution in [3.8, 4) is 5.75 Å². The first-order valence-corrected chi connectivity index (χ1v) is 15.3. The average Bonchev–Trinajstić information content (AvgIpc) is 3.57. The Morgan fingerprint density at radius 2 is 1.24 bits per heavy atom. The lowest BCUT2D eigenvalue weighted by Gasteiger charge is -2.23. The fraction of sp³-hybridized carbons (Fsp3) is 0.333. The lowest BCUT2D eigenvalue weighted by Crippen LogP contribution is -2.32. The van der Waals surface area contributed by atoms with Crippen molar-refractivity contribution in [3.05, 3.63) is 84.5 Å². The summed E-state index contributed by atoms with van der Waals surface area (Å²) in [5.74, 6) is -0.0998.